The third-order valence-corrected chi connectivity index (χ3v) is 3.84. The number of benzene rings is 2. The van der Waals surface area contributed by atoms with E-state index in [9.17, 15) is 9.18 Å². The molecule has 25 heavy (non-hydrogen) atoms. The van der Waals surface area contributed by atoms with E-state index in [-0.39, 0.29) is 17.2 Å². The van der Waals surface area contributed by atoms with E-state index in [1.807, 2.05) is 0 Å². The maximum atomic E-state index is 14.1. The number of amides is 2. The van der Waals surface area contributed by atoms with Gasteiger partial charge >= 0.3 is 6.03 Å². The molecule has 0 radical (unpaired) electrons. The Balaban J connectivity index is 1.81. The predicted molar refractivity (Wildman–Crippen MR) is 94.2 cm³/mol. The summed E-state index contributed by atoms with van der Waals surface area (Å²) in [6.07, 6.45) is 1.59. The summed E-state index contributed by atoms with van der Waals surface area (Å²) in [5.74, 6) is -0.0943. The molecular weight excluding hydrogens is 345 g/mol. The van der Waals surface area contributed by atoms with Crippen LogP contribution in [0.15, 0.2) is 54.0 Å². The Labute approximate surface area is 147 Å². The highest BCUT2D eigenvalue weighted by molar-refractivity contribution is 7.13. The first-order valence-electron chi connectivity index (χ1n) is 7.24. The van der Waals surface area contributed by atoms with Crippen LogP contribution in [0.3, 0.4) is 0 Å². The Hall–Kier alpha value is -3.13. The quantitative estimate of drug-likeness (QED) is 0.691. The van der Waals surface area contributed by atoms with Gasteiger partial charge in [0.1, 0.15) is 0 Å². The second-order valence-electron chi connectivity index (χ2n) is 4.79. The van der Waals surface area contributed by atoms with Crippen molar-refractivity contribution in [3.8, 4) is 17.2 Å². The number of nitrogens with one attached hydrogen (secondary N) is 2. The van der Waals surface area contributed by atoms with Gasteiger partial charge in [-0.05, 0) is 24.3 Å². The lowest BCUT2D eigenvalue weighted by Crippen LogP contribution is -2.19. The van der Waals surface area contributed by atoms with Crippen LogP contribution in [0.25, 0.3) is 0 Å². The number of anilines is 2. The molecule has 0 aliphatic heterocycles. The van der Waals surface area contributed by atoms with Crippen LogP contribution in [0.4, 0.5) is 20.0 Å². The van der Waals surface area contributed by atoms with Gasteiger partial charge in [-0.2, -0.15) is 0 Å². The zero-order valence-electron chi connectivity index (χ0n) is 13.2. The van der Waals surface area contributed by atoms with Gasteiger partial charge in [0.2, 0.25) is 5.75 Å². The molecule has 6 nitrogen and oxygen atoms in total. The zero-order chi connectivity index (χ0) is 17.6. The van der Waals surface area contributed by atoms with Crippen molar-refractivity contribution in [2.24, 2.45) is 0 Å². The van der Waals surface area contributed by atoms with Crippen LogP contribution in [0.2, 0.25) is 0 Å². The van der Waals surface area contributed by atoms with Crippen LogP contribution in [0.1, 0.15) is 0 Å². The Morgan fingerprint density at radius 3 is 2.68 bits per heavy atom. The molecule has 1 aromatic heterocycles. The zero-order valence-corrected chi connectivity index (χ0v) is 14.0. The SMILES string of the molecule is COc1cccc(F)c1Oc1ccccc1NC(=O)Nc1nccs1. The highest BCUT2D eigenvalue weighted by Crippen LogP contribution is 2.37. The summed E-state index contributed by atoms with van der Waals surface area (Å²) in [6, 6.07) is 10.6. The van der Waals surface area contributed by atoms with Crippen molar-refractivity contribution in [3.63, 3.8) is 0 Å². The number of aromatic nitrogens is 1. The summed E-state index contributed by atoms with van der Waals surface area (Å²) in [5, 5.41) is 7.46. The number of thiazole rings is 1. The molecule has 8 heteroatoms. The molecule has 0 saturated carbocycles. The Kier molecular flexibility index (Phi) is 5.10. The minimum absolute atomic E-state index is 0.0559. The summed E-state index contributed by atoms with van der Waals surface area (Å²) >= 11 is 1.30. The van der Waals surface area contributed by atoms with E-state index < -0.39 is 11.8 Å². The number of para-hydroxylation sites is 3. The number of ether oxygens (including phenoxy) is 2. The summed E-state index contributed by atoms with van der Waals surface area (Å²) in [4.78, 5) is 16.0. The number of hydrogen-bond donors (Lipinski definition) is 2. The molecule has 128 valence electrons. The predicted octanol–water partition coefficient (Wildman–Crippen LogP) is 4.73. The third-order valence-electron chi connectivity index (χ3n) is 3.15. The van der Waals surface area contributed by atoms with Crippen molar-refractivity contribution in [1.82, 2.24) is 4.98 Å². The number of nitrogens with zero attached hydrogens (tertiary/aromatic N) is 1. The number of methoxy groups -OCH3 is 1. The van der Waals surface area contributed by atoms with Crippen molar-refractivity contribution in [1.29, 1.82) is 0 Å². The highest BCUT2D eigenvalue weighted by atomic mass is 32.1. The lowest BCUT2D eigenvalue weighted by molar-refractivity contribution is 0.262. The Bertz CT molecular complexity index is 871. The fraction of sp³-hybridized carbons (Fsp3) is 0.0588. The molecular formula is C17H14FN3O3S. The number of halogens is 1. The van der Waals surface area contributed by atoms with Crippen LogP contribution >= 0.6 is 11.3 Å². The van der Waals surface area contributed by atoms with E-state index >= 15 is 0 Å². The average molecular weight is 359 g/mol. The minimum Gasteiger partial charge on any atom is -0.493 e. The topological polar surface area (TPSA) is 72.5 Å². The monoisotopic (exact) mass is 359 g/mol. The standard InChI is InChI=1S/C17H14FN3O3S/c1-23-14-8-4-5-11(18)15(14)24-13-7-3-2-6-12(13)20-16(22)21-17-19-9-10-25-17/h2-10H,1H3,(H2,19,20,21,22). The number of hydrogen-bond acceptors (Lipinski definition) is 5. The molecule has 1 heterocycles. The fourth-order valence-electron chi connectivity index (χ4n) is 2.05. The van der Waals surface area contributed by atoms with Gasteiger partial charge in [-0.25, -0.2) is 14.2 Å². The summed E-state index contributed by atoms with van der Waals surface area (Å²) < 4.78 is 24.8. The summed E-state index contributed by atoms with van der Waals surface area (Å²) in [6.45, 7) is 0. The van der Waals surface area contributed by atoms with Crippen molar-refractivity contribution in [2.75, 3.05) is 17.7 Å². The number of rotatable bonds is 5. The summed E-state index contributed by atoms with van der Waals surface area (Å²) in [7, 11) is 1.42. The lowest BCUT2D eigenvalue weighted by Gasteiger charge is -2.14. The normalized spacial score (nSPS) is 10.2. The van der Waals surface area contributed by atoms with E-state index in [1.54, 1.807) is 41.9 Å². The van der Waals surface area contributed by atoms with E-state index in [1.165, 1.54) is 30.6 Å². The Morgan fingerprint density at radius 1 is 1.12 bits per heavy atom. The molecule has 2 N–H and O–H groups in total. The molecule has 0 fully saturated rings. The van der Waals surface area contributed by atoms with Crippen LogP contribution in [0, 0.1) is 5.82 Å². The second kappa shape index (κ2) is 7.63. The van der Waals surface area contributed by atoms with E-state index in [0.29, 0.717) is 10.8 Å². The van der Waals surface area contributed by atoms with Gasteiger partial charge in [0.25, 0.3) is 0 Å². The van der Waals surface area contributed by atoms with Crippen molar-refractivity contribution < 1.29 is 18.7 Å². The smallest absolute Gasteiger partial charge is 0.325 e. The van der Waals surface area contributed by atoms with Crippen molar-refractivity contribution in [3.05, 3.63) is 59.9 Å². The van der Waals surface area contributed by atoms with Crippen LogP contribution in [-0.2, 0) is 0 Å². The molecule has 3 aromatic rings. The maximum Gasteiger partial charge on any atom is 0.325 e. The van der Waals surface area contributed by atoms with E-state index in [0.717, 1.165) is 0 Å². The van der Waals surface area contributed by atoms with Crippen LogP contribution < -0.4 is 20.1 Å². The van der Waals surface area contributed by atoms with Crippen LogP contribution in [-0.4, -0.2) is 18.1 Å². The van der Waals surface area contributed by atoms with Crippen LogP contribution in [0.5, 0.6) is 17.2 Å². The van der Waals surface area contributed by atoms with Gasteiger partial charge in [-0.3, -0.25) is 5.32 Å². The Morgan fingerprint density at radius 2 is 1.92 bits per heavy atom. The first-order valence-corrected chi connectivity index (χ1v) is 8.12. The minimum atomic E-state index is -0.568. The van der Waals surface area contributed by atoms with Gasteiger partial charge in [-0.1, -0.05) is 18.2 Å². The average Bonchev–Trinajstić information content (AvgIpc) is 3.11. The molecule has 0 atom stereocenters. The molecule has 0 bridgehead atoms. The first-order chi connectivity index (χ1) is 12.2. The van der Waals surface area contributed by atoms with Gasteiger partial charge in [0.15, 0.2) is 22.4 Å². The first kappa shape index (κ1) is 16.7. The van der Waals surface area contributed by atoms with Gasteiger partial charge < -0.3 is 14.8 Å². The molecule has 2 amide bonds. The largest absolute Gasteiger partial charge is 0.493 e. The number of carbonyl (C=O) groups excluding carboxylic acids is 1. The molecule has 0 aliphatic rings. The van der Waals surface area contributed by atoms with Crippen molar-refractivity contribution >= 4 is 28.2 Å². The summed E-state index contributed by atoms with van der Waals surface area (Å²) in [5.41, 5.74) is 0.377. The number of urea groups is 1. The molecule has 0 aliphatic carbocycles. The van der Waals surface area contributed by atoms with E-state index in [2.05, 4.69) is 15.6 Å². The molecule has 3 rings (SSSR count). The van der Waals surface area contributed by atoms with Gasteiger partial charge in [-0.15, -0.1) is 11.3 Å². The molecule has 0 unspecified atom stereocenters. The van der Waals surface area contributed by atoms with Gasteiger partial charge in [0, 0.05) is 11.6 Å². The number of carbonyl (C=O) groups is 1. The third kappa shape index (κ3) is 4.04. The molecule has 0 spiro atoms. The molecule has 0 saturated heterocycles. The van der Waals surface area contributed by atoms with Crippen molar-refractivity contribution in [2.45, 2.75) is 0 Å². The second-order valence-corrected chi connectivity index (χ2v) is 5.68. The maximum absolute atomic E-state index is 14.1. The lowest BCUT2D eigenvalue weighted by atomic mass is 10.2. The molecule has 2 aromatic carbocycles. The van der Waals surface area contributed by atoms with E-state index in [4.69, 9.17) is 9.47 Å². The van der Waals surface area contributed by atoms with Gasteiger partial charge in [0.05, 0.1) is 12.8 Å². The highest BCUT2D eigenvalue weighted by Gasteiger charge is 2.15. The fourth-order valence-corrected chi connectivity index (χ4v) is 2.58.